The highest BCUT2D eigenvalue weighted by atomic mass is 32.2. The topological polar surface area (TPSA) is 77.4 Å². The van der Waals surface area contributed by atoms with Crippen molar-refractivity contribution in [3.8, 4) is 5.75 Å². The number of sulfonamides is 1. The van der Waals surface area contributed by atoms with E-state index in [1.807, 2.05) is 13.8 Å². The van der Waals surface area contributed by atoms with Crippen molar-refractivity contribution in [3.63, 3.8) is 0 Å². The van der Waals surface area contributed by atoms with Crippen molar-refractivity contribution in [3.05, 3.63) is 51.6 Å². The molecule has 1 heterocycles. The highest BCUT2D eigenvalue weighted by molar-refractivity contribution is 7.92. The molecule has 0 saturated heterocycles. The zero-order valence-corrected chi connectivity index (χ0v) is 15.7. The number of rotatable bonds is 5. The van der Waals surface area contributed by atoms with Crippen LogP contribution in [-0.2, 0) is 16.6 Å². The summed E-state index contributed by atoms with van der Waals surface area (Å²) < 4.78 is 35.7. The number of fused-ring (bicyclic) bond motifs is 1. The molecule has 0 fully saturated rings. The van der Waals surface area contributed by atoms with Gasteiger partial charge in [0.1, 0.15) is 10.6 Å². The monoisotopic (exact) mass is 378 g/mol. The molecule has 1 N–H and O–H groups in total. The van der Waals surface area contributed by atoms with E-state index in [-0.39, 0.29) is 15.5 Å². The molecule has 0 aliphatic carbocycles. The van der Waals surface area contributed by atoms with Crippen molar-refractivity contribution in [1.82, 2.24) is 4.57 Å². The second-order valence-electron chi connectivity index (χ2n) is 5.55. The lowest BCUT2D eigenvalue weighted by Crippen LogP contribution is -2.15. The van der Waals surface area contributed by atoms with Gasteiger partial charge in [-0.3, -0.25) is 14.1 Å². The summed E-state index contributed by atoms with van der Waals surface area (Å²) in [7, 11) is -2.39. The molecule has 1 aromatic heterocycles. The van der Waals surface area contributed by atoms with Crippen molar-refractivity contribution in [2.45, 2.75) is 25.3 Å². The number of aromatic nitrogens is 1. The summed E-state index contributed by atoms with van der Waals surface area (Å²) in [4.78, 5) is 12.0. The molecule has 0 aliphatic heterocycles. The van der Waals surface area contributed by atoms with Crippen LogP contribution in [0.4, 0.5) is 5.69 Å². The summed E-state index contributed by atoms with van der Waals surface area (Å²) >= 11 is 1.14. The van der Waals surface area contributed by atoms with Crippen molar-refractivity contribution in [1.29, 1.82) is 0 Å². The smallest absolute Gasteiger partial charge is 0.308 e. The van der Waals surface area contributed by atoms with Gasteiger partial charge in [-0.1, -0.05) is 17.4 Å². The van der Waals surface area contributed by atoms with Crippen molar-refractivity contribution in [2.75, 3.05) is 11.8 Å². The zero-order chi connectivity index (χ0) is 18.2. The zero-order valence-electron chi connectivity index (χ0n) is 14.1. The van der Waals surface area contributed by atoms with Gasteiger partial charge in [0, 0.05) is 6.54 Å². The third-order valence-electron chi connectivity index (χ3n) is 3.84. The Morgan fingerprint density at radius 1 is 1.20 bits per heavy atom. The van der Waals surface area contributed by atoms with Crippen molar-refractivity contribution < 1.29 is 13.2 Å². The second-order valence-corrected chi connectivity index (χ2v) is 8.20. The Morgan fingerprint density at radius 3 is 2.64 bits per heavy atom. The molecule has 0 saturated carbocycles. The molecule has 6 nitrogen and oxygen atoms in total. The number of aryl methyl sites for hydroxylation is 2. The number of benzene rings is 2. The molecule has 0 atom stereocenters. The quantitative estimate of drug-likeness (QED) is 0.740. The predicted octanol–water partition coefficient (Wildman–Crippen LogP) is 3.20. The minimum absolute atomic E-state index is 0.0575. The first-order valence-corrected chi connectivity index (χ1v) is 9.96. The molecule has 132 valence electrons. The average Bonchev–Trinajstić information content (AvgIpc) is 2.89. The first-order chi connectivity index (χ1) is 11.9. The Morgan fingerprint density at radius 2 is 1.96 bits per heavy atom. The van der Waals surface area contributed by atoms with Gasteiger partial charge in [0.2, 0.25) is 0 Å². The lowest BCUT2D eigenvalue weighted by Gasteiger charge is -2.12. The van der Waals surface area contributed by atoms with E-state index >= 15 is 0 Å². The van der Waals surface area contributed by atoms with Gasteiger partial charge in [-0.2, -0.15) is 0 Å². The minimum Gasteiger partial charge on any atom is -0.495 e. The van der Waals surface area contributed by atoms with Gasteiger partial charge < -0.3 is 4.74 Å². The third-order valence-corrected chi connectivity index (χ3v) is 6.21. The summed E-state index contributed by atoms with van der Waals surface area (Å²) in [6.07, 6.45) is 0. The number of anilines is 1. The number of thiazole rings is 1. The standard InChI is InChI=1S/C17H18N2O4S2/c1-4-19-13-10-12(6-8-15(13)24-17(19)20)18-25(21,22)16-9-11(2)5-7-14(16)23-3/h5-10,18H,4H2,1-3H3. The molecular formula is C17H18N2O4S2. The Balaban J connectivity index is 2.05. The van der Waals surface area contributed by atoms with Gasteiger partial charge in [-0.15, -0.1) is 0 Å². The Labute approximate surface area is 149 Å². The molecule has 3 rings (SSSR count). The number of nitrogens with one attached hydrogen (secondary N) is 1. The molecular weight excluding hydrogens is 360 g/mol. The van der Waals surface area contributed by atoms with Crippen LogP contribution in [0.3, 0.4) is 0 Å². The molecule has 0 bridgehead atoms. The summed E-state index contributed by atoms with van der Waals surface area (Å²) in [5.41, 5.74) is 1.93. The fourth-order valence-electron chi connectivity index (χ4n) is 2.63. The van der Waals surface area contributed by atoms with E-state index in [1.54, 1.807) is 41.0 Å². The molecule has 2 aromatic carbocycles. The molecule has 0 unspecified atom stereocenters. The number of hydrogen-bond donors (Lipinski definition) is 1. The lowest BCUT2D eigenvalue weighted by molar-refractivity contribution is 0.402. The van der Waals surface area contributed by atoms with Crippen LogP contribution in [-0.4, -0.2) is 20.1 Å². The van der Waals surface area contributed by atoms with Crippen molar-refractivity contribution >= 4 is 37.3 Å². The molecule has 0 aliphatic rings. The highest BCUT2D eigenvalue weighted by Crippen LogP contribution is 2.28. The van der Waals surface area contributed by atoms with E-state index in [2.05, 4.69) is 4.72 Å². The fourth-order valence-corrected chi connectivity index (χ4v) is 4.87. The predicted molar refractivity (Wildman–Crippen MR) is 100 cm³/mol. The maximum atomic E-state index is 12.8. The van der Waals surface area contributed by atoms with E-state index in [9.17, 15) is 13.2 Å². The van der Waals surface area contributed by atoms with Crippen LogP contribution in [0.25, 0.3) is 10.2 Å². The second kappa shape index (κ2) is 6.53. The summed E-state index contributed by atoms with van der Waals surface area (Å²) in [5.74, 6) is 0.278. The van der Waals surface area contributed by atoms with Gasteiger partial charge in [-0.05, 0) is 49.7 Å². The van der Waals surface area contributed by atoms with E-state index in [0.29, 0.717) is 17.7 Å². The van der Waals surface area contributed by atoms with Crippen molar-refractivity contribution in [2.24, 2.45) is 0 Å². The highest BCUT2D eigenvalue weighted by Gasteiger charge is 2.20. The average molecular weight is 378 g/mol. The first kappa shape index (κ1) is 17.5. The van der Waals surface area contributed by atoms with Gasteiger partial charge in [0.25, 0.3) is 10.0 Å². The number of nitrogens with zero attached hydrogens (tertiary/aromatic N) is 1. The molecule has 0 spiro atoms. The fraction of sp³-hybridized carbons (Fsp3) is 0.235. The molecule has 0 amide bonds. The first-order valence-electron chi connectivity index (χ1n) is 7.66. The van der Waals surface area contributed by atoms with E-state index in [4.69, 9.17) is 4.74 Å². The van der Waals surface area contributed by atoms with E-state index in [0.717, 1.165) is 21.6 Å². The largest absolute Gasteiger partial charge is 0.495 e. The number of hydrogen-bond acceptors (Lipinski definition) is 5. The van der Waals surface area contributed by atoms with Crippen LogP contribution in [0.2, 0.25) is 0 Å². The van der Waals surface area contributed by atoms with Crippen LogP contribution in [0, 0.1) is 6.92 Å². The van der Waals surface area contributed by atoms with Gasteiger partial charge >= 0.3 is 4.87 Å². The third kappa shape index (κ3) is 3.27. The summed E-state index contributed by atoms with van der Waals surface area (Å²) in [5, 5.41) is 0. The molecule has 0 radical (unpaired) electrons. The minimum atomic E-state index is -3.82. The van der Waals surface area contributed by atoms with Gasteiger partial charge in [0.15, 0.2) is 0 Å². The lowest BCUT2D eigenvalue weighted by atomic mass is 10.2. The molecule has 8 heteroatoms. The van der Waals surface area contributed by atoms with E-state index in [1.165, 1.54) is 7.11 Å². The number of ether oxygens (including phenoxy) is 1. The summed E-state index contributed by atoms with van der Waals surface area (Å²) in [6, 6.07) is 10.1. The SMILES string of the molecule is CCn1c(=O)sc2ccc(NS(=O)(=O)c3cc(C)ccc3OC)cc21. The van der Waals surface area contributed by atoms with Crippen LogP contribution in [0.15, 0.2) is 46.1 Å². The van der Waals surface area contributed by atoms with Crippen LogP contribution in [0.5, 0.6) is 5.75 Å². The number of methoxy groups -OCH3 is 1. The van der Waals surface area contributed by atoms with E-state index < -0.39 is 10.0 Å². The maximum absolute atomic E-state index is 12.8. The Bertz CT molecular complexity index is 1100. The molecule has 3 aromatic rings. The van der Waals surface area contributed by atoms with Crippen LogP contribution in [0.1, 0.15) is 12.5 Å². The maximum Gasteiger partial charge on any atom is 0.308 e. The van der Waals surface area contributed by atoms with Crippen LogP contribution >= 0.6 is 11.3 Å². The van der Waals surface area contributed by atoms with Gasteiger partial charge in [-0.25, -0.2) is 8.42 Å². The van der Waals surface area contributed by atoms with Gasteiger partial charge in [0.05, 0.1) is 23.0 Å². The Hall–Kier alpha value is -2.32. The summed E-state index contributed by atoms with van der Waals surface area (Å²) in [6.45, 7) is 4.22. The Kier molecular flexibility index (Phi) is 4.57. The normalized spacial score (nSPS) is 11.6. The molecule has 25 heavy (non-hydrogen) atoms. The van der Waals surface area contributed by atoms with Crippen LogP contribution < -0.4 is 14.3 Å².